The molecule has 0 saturated heterocycles. The Kier molecular flexibility index (Phi) is 4.11. The highest BCUT2D eigenvalue weighted by Gasteiger charge is 2.47. The topological polar surface area (TPSA) is 3.24 Å². The van der Waals surface area contributed by atoms with E-state index in [-0.39, 0.29) is 12.0 Å². The van der Waals surface area contributed by atoms with Crippen LogP contribution >= 0.6 is 11.3 Å². The van der Waals surface area contributed by atoms with Gasteiger partial charge in [-0.1, -0.05) is 103 Å². The largest absolute Gasteiger partial charge is 0.332 e. The third-order valence-electron chi connectivity index (χ3n) is 8.57. The second-order valence-corrected chi connectivity index (χ2v) is 11.6. The second kappa shape index (κ2) is 7.56. The van der Waals surface area contributed by atoms with Crippen LogP contribution in [0.4, 0.5) is 11.4 Å². The van der Waals surface area contributed by atoms with Gasteiger partial charge in [0.1, 0.15) is 0 Å². The molecule has 38 heavy (non-hydrogen) atoms. The maximum absolute atomic E-state index is 2.62. The summed E-state index contributed by atoms with van der Waals surface area (Å²) < 4.78 is 1.37. The molecular weight excluding hydrogens is 478 g/mol. The Morgan fingerprint density at radius 3 is 2.16 bits per heavy atom. The molecule has 0 spiro atoms. The molecule has 1 aliphatic carbocycles. The highest BCUT2D eigenvalue weighted by Crippen LogP contribution is 2.64. The first-order valence-electron chi connectivity index (χ1n) is 13.3. The normalized spacial score (nSPS) is 17.4. The minimum Gasteiger partial charge on any atom is -0.332 e. The fourth-order valence-electron chi connectivity index (χ4n) is 7.03. The molecule has 6 aromatic carbocycles. The lowest BCUT2D eigenvalue weighted by Gasteiger charge is -2.35. The fourth-order valence-corrected chi connectivity index (χ4v) is 8.37. The molecule has 178 valence electrons. The van der Waals surface area contributed by atoms with Gasteiger partial charge in [-0.2, -0.15) is 0 Å². The Hall–Kier alpha value is -4.40. The lowest BCUT2D eigenvalue weighted by atomic mass is 9.75. The van der Waals surface area contributed by atoms with Gasteiger partial charge in [0.15, 0.2) is 0 Å². The van der Waals surface area contributed by atoms with Crippen molar-refractivity contribution in [3.63, 3.8) is 0 Å². The zero-order chi connectivity index (χ0) is 24.8. The second-order valence-electron chi connectivity index (χ2n) is 10.5. The molecule has 0 amide bonds. The molecule has 9 rings (SSSR count). The third-order valence-corrected chi connectivity index (χ3v) is 9.82. The van der Waals surface area contributed by atoms with E-state index in [4.69, 9.17) is 0 Å². The quantitative estimate of drug-likeness (QED) is 0.216. The van der Waals surface area contributed by atoms with E-state index in [0.29, 0.717) is 0 Å². The summed E-state index contributed by atoms with van der Waals surface area (Å²) in [7, 11) is 0. The first-order valence-corrected chi connectivity index (χ1v) is 14.1. The van der Waals surface area contributed by atoms with Gasteiger partial charge in [-0.3, -0.25) is 0 Å². The van der Waals surface area contributed by atoms with E-state index >= 15 is 0 Å². The van der Waals surface area contributed by atoms with Crippen LogP contribution < -0.4 is 4.90 Å². The summed E-state index contributed by atoms with van der Waals surface area (Å²) in [5.41, 5.74) is 8.30. The molecule has 2 atom stereocenters. The van der Waals surface area contributed by atoms with Crippen LogP contribution in [0.1, 0.15) is 28.0 Å². The number of anilines is 2. The van der Waals surface area contributed by atoms with Crippen molar-refractivity contribution >= 4 is 54.3 Å². The number of thiophene rings is 1. The predicted octanol–water partition coefficient (Wildman–Crippen LogP) is 10.2. The molecule has 2 aliphatic rings. The molecular formula is C36H23NS. The number of fused-ring (bicyclic) bond motifs is 13. The van der Waals surface area contributed by atoms with Crippen molar-refractivity contribution in [2.45, 2.75) is 12.0 Å². The van der Waals surface area contributed by atoms with Crippen molar-refractivity contribution in [2.75, 3.05) is 4.90 Å². The molecule has 2 heteroatoms. The van der Waals surface area contributed by atoms with Gasteiger partial charge in [0.05, 0.1) is 6.04 Å². The summed E-state index contributed by atoms with van der Waals surface area (Å²) in [6, 6.07) is 47.5. The van der Waals surface area contributed by atoms with Gasteiger partial charge < -0.3 is 4.90 Å². The van der Waals surface area contributed by atoms with Crippen LogP contribution in [0, 0.1) is 0 Å². The van der Waals surface area contributed by atoms with Crippen LogP contribution in [-0.4, -0.2) is 0 Å². The molecule has 2 heterocycles. The molecule has 0 saturated carbocycles. The molecule has 0 N–H and O–H groups in total. The molecule has 1 aliphatic heterocycles. The van der Waals surface area contributed by atoms with E-state index in [2.05, 4.69) is 132 Å². The maximum Gasteiger partial charge on any atom is 0.0800 e. The zero-order valence-electron chi connectivity index (χ0n) is 20.6. The fraction of sp³-hybridized carbons (Fsp3) is 0.0556. The van der Waals surface area contributed by atoms with Gasteiger partial charge in [-0.25, -0.2) is 0 Å². The van der Waals surface area contributed by atoms with Crippen LogP contribution in [0.15, 0.2) is 127 Å². The van der Waals surface area contributed by atoms with E-state index < -0.39 is 0 Å². The Morgan fingerprint density at radius 2 is 1.24 bits per heavy atom. The standard InChI is InChI=1S/C36H23NS/c1-2-11-24-21-25(19-17-22(24)9-1)37-30-15-7-5-13-27(30)33-29-20-18-23-10-3-4-12-26(23)32(29)34-28-14-6-8-16-31(28)38-36(34)35(33)37/h1-21,33,35H. The number of nitrogens with zero attached hydrogens (tertiary/aromatic N) is 1. The molecule has 1 aromatic heterocycles. The molecule has 0 radical (unpaired) electrons. The smallest absolute Gasteiger partial charge is 0.0800 e. The Labute approximate surface area is 225 Å². The van der Waals surface area contributed by atoms with Crippen LogP contribution in [-0.2, 0) is 0 Å². The Morgan fingerprint density at radius 1 is 0.526 bits per heavy atom. The summed E-state index contributed by atoms with van der Waals surface area (Å²) in [6.07, 6.45) is 0. The van der Waals surface area contributed by atoms with Crippen molar-refractivity contribution in [2.24, 2.45) is 0 Å². The van der Waals surface area contributed by atoms with Crippen molar-refractivity contribution in [1.29, 1.82) is 0 Å². The summed E-state index contributed by atoms with van der Waals surface area (Å²) in [4.78, 5) is 4.10. The monoisotopic (exact) mass is 501 g/mol. The Bertz CT molecular complexity index is 2040. The minimum absolute atomic E-state index is 0.217. The number of benzene rings is 6. The van der Waals surface area contributed by atoms with Crippen LogP contribution in [0.3, 0.4) is 0 Å². The van der Waals surface area contributed by atoms with Crippen LogP contribution in [0.2, 0.25) is 0 Å². The van der Waals surface area contributed by atoms with Crippen molar-refractivity contribution in [3.8, 4) is 11.1 Å². The number of rotatable bonds is 1. The molecule has 7 aromatic rings. The van der Waals surface area contributed by atoms with Crippen molar-refractivity contribution in [1.82, 2.24) is 0 Å². The SMILES string of the molecule is c1ccc2c(c1)C1c3ccc4ccccc4c3-c3c(sc4ccccc34)C1N2c1ccc2ccccc2c1. The lowest BCUT2D eigenvalue weighted by Crippen LogP contribution is -2.25. The number of hydrogen-bond acceptors (Lipinski definition) is 2. The van der Waals surface area contributed by atoms with Gasteiger partial charge in [-0.15, -0.1) is 11.3 Å². The maximum atomic E-state index is 2.62. The average Bonchev–Trinajstić information content (AvgIpc) is 3.53. The van der Waals surface area contributed by atoms with Crippen LogP contribution in [0.5, 0.6) is 0 Å². The molecule has 1 nitrogen and oxygen atoms in total. The van der Waals surface area contributed by atoms with E-state index in [9.17, 15) is 0 Å². The van der Waals surface area contributed by atoms with Gasteiger partial charge in [0.2, 0.25) is 0 Å². The molecule has 0 fully saturated rings. The number of para-hydroxylation sites is 1. The predicted molar refractivity (Wildman–Crippen MR) is 162 cm³/mol. The van der Waals surface area contributed by atoms with E-state index in [1.165, 1.54) is 70.1 Å². The summed E-state index contributed by atoms with van der Waals surface area (Å²) in [5, 5.41) is 6.60. The Balaban J connectivity index is 1.41. The summed E-state index contributed by atoms with van der Waals surface area (Å²) in [5.74, 6) is 0.276. The van der Waals surface area contributed by atoms with Gasteiger partial charge >= 0.3 is 0 Å². The van der Waals surface area contributed by atoms with Gasteiger partial charge in [-0.05, 0) is 62.5 Å². The number of hydrogen-bond donors (Lipinski definition) is 0. The first-order chi connectivity index (χ1) is 18.9. The first kappa shape index (κ1) is 20.6. The van der Waals surface area contributed by atoms with Gasteiger partial charge in [0.25, 0.3) is 0 Å². The van der Waals surface area contributed by atoms with Crippen molar-refractivity contribution in [3.05, 3.63) is 143 Å². The van der Waals surface area contributed by atoms with Crippen molar-refractivity contribution < 1.29 is 0 Å². The molecule has 2 unspecified atom stereocenters. The van der Waals surface area contributed by atoms with Gasteiger partial charge in [0, 0.05) is 37.8 Å². The van der Waals surface area contributed by atoms with E-state index in [1.54, 1.807) is 0 Å². The van der Waals surface area contributed by atoms with E-state index in [0.717, 1.165) is 0 Å². The minimum atomic E-state index is 0.217. The lowest BCUT2D eigenvalue weighted by molar-refractivity contribution is 0.663. The average molecular weight is 502 g/mol. The highest BCUT2D eigenvalue weighted by molar-refractivity contribution is 7.19. The van der Waals surface area contributed by atoms with E-state index in [1.807, 2.05) is 11.3 Å². The molecule has 0 bridgehead atoms. The summed E-state index contributed by atoms with van der Waals surface area (Å²) in [6.45, 7) is 0. The van der Waals surface area contributed by atoms with Crippen LogP contribution in [0.25, 0.3) is 42.8 Å². The highest BCUT2D eigenvalue weighted by atomic mass is 32.1. The summed E-state index contributed by atoms with van der Waals surface area (Å²) >= 11 is 1.98. The third kappa shape index (κ3) is 2.65. The zero-order valence-corrected chi connectivity index (χ0v) is 21.5.